The topological polar surface area (TPSA) is 75.6 Å². The maximum Gasteiger partial charge on any atom is 0.336 e. The van der Waals surface area contributed by atoms with Crippen molar-refractivity contribution in [2.24, 2.45) is 0 Å². The number of halogens is 2. The Morgan fingerprint density at radius 2 is 2.22 bits per heavy atom. The summed E-state index contributed by atoms with van der Waals surface area (Å²) in [7, 11) is 1.10. The highest BCUT2D eigenvalue weighted by molar-refractivity contribution is 6.31. The van der Waals surface area contributed by atoms with Crippen molar-refractivity contribution in [1.82, 2.24) is 5.32 Å². The first-order valence-electron chi connectivity index (χ1n) is 4.95. The number of rotatable bonds is 4. The van der Waals surface area contributed by atoms with Crippen LogP contribution < -0.4 is 5.32 Å². The third-order valence-corrected chi connectivity index (χ3v) is 2.34. The van der Waals surface area contributed by atoms with E-state index in [1.807, 2.05) is 0 Å². The standard InChI is InChI=1S/C11H11ClFNO4/c1-18-11(17)9(15)5-14-10(16)7-4-6(12)2-3-8(7)13/h2-4,9,15H,5H2,1H3,(H,14,16). The van der Waals surface area contributed by atoms with Gasteiger partial charge in [-0.2, -0.15) is 0 Å². The lowest BCUT2D eigenvalue weighted by Gasteiger charge is -2.10. The molecule has 1 unspecified atom stereocenters. The maximum atomic E-state index is 13.3. The molecular weight excluding hydrogens is 265 g/mol. The molecule has 0 saturated carbocycles. The zero-order valence-electron chi connectivity index (χ0n) is 9.44. The highest BCUT2D eigenvalue weighted by Gasteiger charge is 2.18. The molecule has 0 heterocycles. The zero-order chi connectivity index (χ0) is 13.7. The fourth-order valence-corrected chi connectivity index (χ4v) is 1.35. The number of amides is 1. The average Bonchev–Trinajstić information content (AvgIpc) is 2.37. The lowest BCUT2D eigenvalue weighted by molar-refractivity contribution is -0.149. The third kappa shape index (κ3) is 3.68. The molecule has 0 bridgehead atoms. The van der Waals surface area contributed by atoms with Gasteiger partial charge in [0, 0.05) is 5.02 Å². The van der Waals surface area contributed by atoms with Crippen LogP contribution in [0.5, 0.6) is 0 Å². The number of esters is 1. The number of benzene rings is 1. The predicted molar refractivity (Wildman–Crippen MR) is 61.8 cm³/mol. The molecule has 0 aromatic heterocycles. The molecule has 0 aliphatic carbocycles. The number of hydrogen-bond donors (Lipinski definition) is 2. The Morgan fingerprint density at radius 1 is 1.56 bits per heavy atom. The lowest BCUT2D eigenvalue weighted by Crippen LogP contribution is -2.37. The molecule has 0 aliphatic rings. The fourth-order valence-electron chi connectivity index (χ4n) is 1.18. The van der Waals surface area contributed by atoms with Crippen LogP contribution in [0, 0.1) is 5.82 Å². The molecular formula is C11H11ClFNO4. The Balaban J connectivity index is 2.66. The number of aliphatic hydroxyl groups excluding tert-OH is 1. The largest absolute Gasteiger partial charge is 0.467 e. The lowest BCUT2D eigenvalue weighted by atomic mass is 10.2. The van der Waals surface area contributed by atoms with Crippen LogP contribution in [0.3, 0.4) is 0 Å². The number of carbonyl (C=O) groups is 2. The molecule has 0 saturated heterocycles. The number of ether oxygens (including phenoxy) is 1. The number of carbonyl (C=O) groups excluding carboxylic acids is 2. The van der Waals surface area contributed by atoms with Gasteiger partial charge in [-0.05, 0) is 18.2 Å². The first-order chi connectivity index (χ1) is 8.45. The van der Waals surface area contributed by atoms with Gasteiger partial charge in [0.25, 0.3) is 5.91 Å². The Labute approximate surface area is 108 Å². The SMILES string of the molecule is COC(=O)C(O)CNC(=O)c1cc(Cl)ccc1F. The van der Waals surface area contributed by atoms with Crippen LogP contribution in [0.25, 0.3) is 0 Å². The second-order valence-electron chi connectivity index (χ2n) is 3.37. The molecule has 0 fully saturated rings. The molecule has 1 atom stereocenters. The normalized spacial score (nSPS) is 11.8. The predicted octanol–water partition coefficient (Wildman–Crippen LogP) is 0.743. The minimum atomic E-state index is -1.50. The summed E-state index contributed by atoms with van der Waals surface area (Å²) in [4.78, 5) is 22.4. The van der Waals surface area contributed by atoms with Gasteiger partial charge in [-0.25, -0.2) is 9.18 Å². The van der Waals surface area contributed by atoms with Gasteiger partial charge in [-0.3, -0.25) is 4.79 Å². The van der Waals surface area contributed by atoms with Gasteiger partial charge in [0.15, 0.2) is 6.10 Å². The Kier molecular flexibility index (Phi) is 5.06. The van der Waals surface area contributed by atoms with Crippen LogP contribution in [0.2, 0.25) is 5.02 Å². The number of nitrogens with one attached hydrogen (secondary N) is 1. The van der Waals surface area contributed by atoms with Crippen molar-refractivity contribution < 1.29 is 23.8 Å². The van der Waals surface area contributed by atoms with Crippen molar-refractivity contribution >= 4 is 23.5 Å². The maximum absolute atomic E-state index is 13.3. The van der Waals surface area contributed by atoms with Crippen molar-refractivity contribution in [2.75, 3.05) is 13.7 Å². The molecule has 0 aliphatic heterocycles. The molecule has 7 heteroatoms. The van der Waals surface area contributed by atoms with E-state index in [2.05, 4.69) is 10.1 Å². The molecule has 1 aromatic rings. The number of hydrogen-bond acceptors (Lipinski definition) is 4. The summed E-state index contributed by atoms with van der Waals surface area (Å²) in [5.74, 6) is -2.41. The van der Waals surface area contributed by atoms with Crippen LogP contribution in [0.15, 0.2) is 18.2 Å². The van der Waals surface area contributed by atoms with Crippen LogP contribution in [-0.4, -0.2) is 36.7 Å². The van der Waals surface area contributed by atoms with Gasteiger partial charge in [0.2, 0.25) is 0 Å². The van der Waals surface area contributed by atoms with E-state index in [4.69, 9.17) is 11.6 Å². The van der Waals surface area contributed by atoms with Gasteiger partial charge in [0.05, 0.1) is 19.2 Å². The number of aliphatic hydroxyl groups is 1. The second-order valence-corrected chi connectivity index (χ2v) is 3.81. The van der Waals surface area contributed by atoms with Gasteiger partial charge in [-0.1, -0.05) is 11.6 Å². The summed E-state index contributed by atoms with van der Waals surface area (Å²) in [6.07, 6.45) is -1.50. The van der Waals surface area contributed by atoms with Crippen molar-refractivity contribution in [2.45, 2.75) is 6.10 Å². The minimum Gasteiger partial charge on any atom is -0.467 e. The van der Waals surface area contributed by atoms with E-state index >= 15 is 0 Å². The van der Waals surface area contributed by atoms with E-state index in [0.717, 1.165) is 19.2 Å². The van der Waals surface area contributed by atoms with Gasteiger partial charge in [0.1, 0.15) is 5.82 Å². The molecule has 18 heavy (non-hydrogen) atoms. The van der Waals surface area contributed by atoms with Gasteiger partial charge < -0.3 is 15.2 Å². The molecule has 1 aromatic carbocycles. The quantitative estimate of drug-likeness (QED) is 0.795. The molecule has 1 rings (SSSR count). The number of methoxy groups -OCH3 is 1. The van der Waals surface area contributed by atoms with E-state index in [9.17, 15) is 19.1 Å². The zero-order valence-corrected chi connectivity index (χ0v) is 10.2. The summed E-state index contributed by atoms with van der Waals surface area (Å²) in [6.45, 7) is -0.378. The second kappa shape index (κ2) is 6.32. The Hall–Kier alpha value is -1.66. The summed E-state index contributed by atoms with van der Waals surface area (Å²) >= 11 is 5.63. The third-order valence-electron chi connectivity index (χ3n) is 2.10. The van der Waals surface area contributed by atoms with E-state index < -0.39 is 23.8 Å². The van der Waals surface area contributed by atoms with Crippen LogP contribution >= 0.6 is 11.6 Å². The molecule has 0 radical (unpaired) electrons. The van der Waals surface area contributed by atoms with E-state index in [-0.39, 0.29) is 17.1 Å². The Bertz CT molecular complexity index is 466. The van der Waals surface area contributed by atoms with Gasteiger partial charge in [-0.15, -0.1) is 0 Å². The summed E-state index contributed by atoms with van der Waals surface area (Å²) in [5, 5.41) is 11.6. The highest BCUT2D eigenvalue weighted by atomic mass is 35.5. The average molecular weight is 276 g/mol. The minimum absolute atomic E-state index is 0.204. The van der Waals surface area contributed by atoms with E-state index in [1.54, 1.807) is 0 Å². The van der Waals surface area contributed by atoms with Crippen molar-refractivity contribution in [3.63, 3.8) is 0 Å². The monoisotopic (exact) mass is 275 g/mol. The van der Waals surface area contributed by atoms with Crippen molar-refractivity contribution in [1.29, 1.82) is 0 Å². The molecule has 2 N–H and O–H groups in total. The van der Waals surface area contributed by atoms with Crippen LogP contribution in [-0.2, 0) is 9.53 Å². The smallest absolute Gasteiger partial charge is 0.336 e. The fraction of sp³-hybridized carbons (Fsp3) is 0.273. The van der Waals surface area contributed by atoms with Crippen molar-refractivity contribution in [3.05, 3.63) is 34.6 Å². The Morgan fingerprint density at radius 3 is 2.83 bits per heavy atom. The van der Waals surface area contributed by atoms with Crippen molar-refractivity contribution in [3.8, 4) is 0 Å². The van der Waals surface area contributed by atoms with E-state index in [0.29, 0.717) is 0 Å². The first kappa shape index (κ1) is 14.4. The summed E-state index contributed by atoms with van der Waals surface area (Å²) in [6, 6.07) is 3.50. The summed E-state index contributed by atoms with van der Waals surface area (Å²) < 4.78 is 17.6. The molecule has 5 nitrogen and oxygen atoms in total. The summed E-state index contributed by atoms with van der Waals surface area (Å²) in [5.41, 5.74) is -0.264. The molecule has 1 amide bonds. The van der Waals surface area contributed by atoms with Crippen LogP contribution in [0.1, 0.15) is 10.4 Å². The molecule has 0 spiro atoms. The first-order valence-corrected chi connectivity index (χ1v) is 5.32. The van der Waals surface area contributed by atoms with E-state index in [1.165, 1.54) is 6.07 Å². The van der Waals surface area contributed by atoms with Crippen LogP contribution in [0.4, 0.5) is 4.39 Å². The van der Waals surface area contributed by atoms with Gasteiger partial charge >= 0.3 is 5.97 Å². The molecule has 98 valence electrons. The highest BCUT2D eigenvalue weighted by Crippen LogP contribution is 2.14.